The standard InChI is InChI=1S/C23H27FN2O3S2/c24-21-7-3-2-6-20(21)22-12-15-25(16-17-30-22)23(27)18-8-10-19(11-9-18)31(28,29)26-13-4-1-5-14-26/h2-3,6-11,22H,1,4-5,12-17H2. The summed E-state index contributed by atoms with van der Waals surface area (Å²) in [4.78, 5) is 15.0. The number of nitrogens with zero attached hydrogens (tertiary/aromatic N) is 2. The molecule has 0 radical (unpaired) electrons. The monoisotopic (exact) mass is 462 g/mol. The fraction of sp³-hybridized carbons (Fsp3) is 0.435. The van der Waals surface area contributed by atoms with Crippen molar-refractivity contribution in [3.05, 3.63) is 65.5 Å². The van der Waals surface area contributed by atoms with E-state index in [2.05, 4.69) is 0 Å². The quantitative estimate of drug-likeness (QED) is 0.679. The molecule has 0 saturated carbocycles. The van der Waals surface area contributed by atoms with Crippen molar-refractivity contribution in [1.82, 2.24) is 9.21 Å². The van der Waals surface area contributed by atoms with Crippen LogP contribution in [0.3, 0.4) is 0 Å². The van der Waals surface area contributed by atoms with Crippen LogP contribution in [0.25, 0.3) is 0 Å². The van der Waals surface area contributed by atoms with Gasteiger partial charge in [0.1, 0.15) is 5.82 Å². The first-order chi connectivity index (χ1) is 15.0. The van der Waals surface area contributed by atoms with Gasteiger partial charge in [0.05, 0.1) is 4.90 Å². The second-order valence-electron chi connectivity index (χ2n) is 7.95. The van der Waals surface area contributed by atoms with E-state index in [4.69, 9.17) is 0 Å². The van der Waals surface area contributed by atoms with E-state index in [1.807, 2.05) is 12.1 Å². The van der Waals surface area contributed by atoms with Gasteiger partial charge in [-0.3, -0.25) is 4.79 Å². The number of piperidine rings is 1. The number of amides is 1. The smallest absolute Gasteiger partial charge is 0.253 e. The van der Waals surface area contributed by atoms with Gasteiger partial charge in [-0.1, -0.05) is 24.6 Å². The van der Waals surface area contributed by atoms with Crippen LogP contribution < -0.4 is 0 Å². The number of hydrogen-bond acceptors (Lipinski definition) is 4. The summed E-state index contributed by atoms with van der Waals surface area (Å²) in [6, 6.07) is 13.1. The molecule has 2 saturated heterocycles. The van der Waals surface area contributed by atoms with Crippen molar-refractivity contribution in [3.8, 4) is 0 Å². The number of hydrogen-bond donors (Lipinski definition) is 0. The Kier molecular flexibility index (Phi) is 6.99. The summed E-state index contributed by atoms with van der Waals surface area (Å²) in [5.41, 5.74) is 1.17. The van der Waals surface area contributed by atoms with Gasteiger partial charge in [-0.2, -0.15) is 16.1 Å². The lowest BCUT2D eigenvalue weighted by molar-refractivity contribution is 0.0766. The molecule has 31 heavy (non-hydrogen) atoms. The molecule has 4 rings (SSSR count). The minimum Gasteiger partial charge on any atom is -0.338 e. The van der Waals surface area contributed by atoms with Crippen LogP contribution in [0, 0.1) is 5.82 Å². The van der Waals surface area contributed by atoms with Gasteiger partial charge < -0.3 is 4.90 Å². The van der Waals surface area contributed by atoms with Crippen LogP contribution in [0.2, 0.25) is 0 Å². The van der Waals surface area contributed by atoms with E-state index in [9.17, 15) is 17.6 Å². The number of rotatable bonds is 4. The molecule has 2 aromatic carbocycles. The molecule has 1 unspecified atom stereocenters. The number of carbonyl (C=O) groups is 1. The molecule has 0 spiro atoms. The van der Waals surface area contributed by atoms with Gasteiger partial charge in [0.2, 0.25) is 10.0 Å². The fourth-order valence-electron chi connectivity index (χ4n) is 4.16. The molecule has 0 aromatic heterocycles. The molecular formula is C23H27FN2O3S2. The van der Waals surface area contributed by atoms with Gasteiger partial charge in [0, 0.05) is 48.3 Å². The maximum Gasteiger partial charge on any atom is 0.253 e. The van der Waals surface area contributed by atoms with E-state index in [-0.39, 0.29) is 21.9 Å². The molecule has 2 fully saturated rings. The largest absolute Gasteiger partial charge is 0.338 e. The molecule has 8 heteroatoms. The minimum atomic E-state index is -3.51. The maximum atomic E-state index is 14.1. The number of sulfonamides is 1. The van der Waals surface area contributed by atoms with Crippen LogP contribution in [0.4, 0.5) is 4.39 Å². The van der Waals surface area contributed by atoms with Crippen LogP contribution >= 0.6 is 11.8 Å². The molecule has 0 aliphatic carbocycles. The third kappa shape index (κ3) is 4.96. The molecule has 2 aliphatic rings. The van der Waals surface area contributed by atoms with E-state index in [1.165, 1.54) is 22.5 Å². The molecular weight excluding hydrogens is 435 g/mol. The molecule has 5 nitrogen and oxygen atoms in total. The van der Waals surface area contributed by atoms with Crippen molar-refractivity contribution < 1.29 is 17.6 Å². The van der Waals surface area contributed by atoms with E-state index in [0.29, 0.717) is 43.7 Å². The molecule has 166 valence electrons. The first-order valence-corrected chi connectivity index (χ1v) is 13.2. The Morgan fingerprint density at radius 2 is 1.65 bits per heavy atom. The molecule has 2 aliphatic heterocycles. The van der Waals surface area contributed by atoms with E-state index in [1.54, 1.807) is 34.9 Å². The van der Waals surface area contributed by atoms with E-state index < -0.39 is 10.0 Å². The van der Waals surface area contributed by atoms with Crippen molar-refractivity contribution >= 4 is 27.7 Å². The van der Waals surface area contributed by atoms with Crippen molar-refractivity contribution in [2.24, 2.45) is 0 Å². The van der Waals surface area contributed by atoms with Gasteiger partial charge in [0.25, 0.3) is 5.91 Å². The lowest BCUT2D eigenvalue weighted by Crippen LogP contribution is -2.35. The van der Waals surface area contributed by atoms with Crippen molar-refractivity contribution in [2.75, 3.05) is 31.9 Å². The van der Waals surface area contributed by atoms with E-state index in [0.717, 1.165) is 25.0 Å². The molecule has 2 aromatic rings. The minimum absolute atomic E-state index is 0.0241. The Hall–Kier alpha value is -1.90. The zero-order valence-corrected chi connectivity index (χ0v) is 19.0. The highest BCUT2D eigenvalue weighted by Crippen LogP contribution is 2.36. The third-order valence-corrected chi connectivity index (χ3v) is 9.16. The van der Waals surface area contributed by atoms with Gasteiger partial charge in [0.15, 0.2) is 0 Å². The maximum absolute atomic E-state index is 14.1. The zero-order valence-electron chi connectivity index (χ0n) is 17.4. The highest BCUT2D eigenvalue weighted by atomic mass is 32.2. The summed E-state index contributed by atoms with van der Waals surface area (Å²) in [5.74, 6) is 0.411. The molecule has 0 N–H and O–H groups in total. The van der Waals surface area contributed by atoms with Crippen LogP contribution in [0.15, 0.2) is 53.4 Å². The summed E-state index contributed by atoms with van der Waals surface area (Å²) >= 11 is 1.67. The van der Waals surface area contributed by atoms with Gasteiger partial charge in [-0.25, -0.2) is 12.8 Å². The molecule has 1 atom stereocenters. The average molecular weight is 463 g/mol. The third-order valence-electron chi connectivity index (χ3n) is 5.93. The number of carbonyl (C=O) groups excluding carboxylic acids is 1. The van der Waals surface area contributed by atoms with Crippen LogP contribution in [0.1, 0.15) is 46.9 Å². The first-order valence-electron chi connectivity index (χ1n) is 10.7. The van der Waals surface area contributed by atoms with Crippen LogP contribution in [-0.2, 0) is 10.0 Å². The summed E-state index contributed by atoms with van der Waals surface area (Å²) in [6.07, 6.45) is 3.51. The Bertz CT molecular complexity index is 1020. The second kappa shape index (κ2) is 9.71. The van der Waals surface area contributed by atoms with Gasteiger partial charge >= 0.3 is 0 Å². The summed E-state index contributed by atoms with van der Waals surface area (Å²) in [7, 11) is -3.51. The highest BCUT2D eigenvalue weighted by Gasteiger charge is 2.27. The second-order valence-corrected chi connectivity index (χ2v) is 11.2. The topological polar surface area (TPSA) is 57.7 Å². The normalized spacial score (nSPS) is 20.9. The van der Waals surface area contributed by atoms with E-state index >= 15 is 0 Å². The van der Waals surface area contributed by atoms with Crippen LogP contribution in [0.5, 0.6) is 0 Å². The number of thioether (sulfide) groups is 1. The summed E-state index contributed by atoms with van der Waals surface area (Å²) < 4.78 is 41.3. The lowest BCUT2D eigenvalue weighted by atomic mass is 10.1. The van der Waals surface area contributed by atoms with Gasteiger partial charge in [-0.15, -0.1) is 0 Å². The Labute approximate surface area is 187 Å². The summed E-state index contributed by atoms with van der Waals surface area (Å²) in [6.45, 7) is 2.23. The number of benzene rings is 2. The summed E-state index contributed by atoms with van der Waals surface area (Å²) in [5, 5.41) is 0.0241. The SMILES string of the molecule is O=C(c1ccc(S(=O)(=O)N2CCCCC2)cc1)N1CCSC(c2ccccc2F)CC1. The van der Waals surface area contributed by atoms with Crippen molar-refractivity contribution in [2.45, 2.75) is 35.8 Å². The van der Waals surface area contributed by atoms with Crippen LogP contribution in [-0.4, -0.2) is 55.5 Å². The number of halogens is 1. The molecule has 2 heterocycles. The fourth-order valence-corrected chi connectivity index (χ4v) is 6.93. The van der Waals surface area contributed by atoms with Crippen molar-refractivity contribution in [3.63, 3.8) is 0 Å². The zero-order chi connectivity index (χ0) is 21.8. The molecule has 1 amide bonds. The predicted molar refractivity (Wildman–Crippen MR) is 121 cm³/mol. The Morgan fingerprint density at radius 1 is 0.935 bits per heavy atom. The Morgan fingerprint density at radius 3 is 2.35 bits per heavy atom. The first kappa shape index (κ1) is 22.3. The Balaban J connectivity index is 1.43. The molecule has 0 bridgehead atoms. The average Bonchev–Trinajstić information content (AvgIpc) is 3.06. The predicted octanol–water partition coefficient (Wildman–Crippen LogP) is 4.32. The van der Waals surface area contributed by atoms with Gasteiger partial charge in [-0.05, 0) is 49.6 Å². The highest BCUT2D eigenvalue weighted by molar-refractivity contribution is 7.99. The van der Waals surface area contributed by atoms with Crippen molar-refractivity contribution in [1.29, 1.82) is 0 Å². The lowest BCUT2D eigenvalue weighted by Gasteiger charge is -2.26.